The summed E-state index contributed by atoms with van der Waals surface area (Å²) in [5.41, 5.74) is 2.00. The molecular weight excluding hydrogens is 366 g/mol. The molecule has 1 aromatic carbocycles. The zero-order valence-electron chi connectivity index (χ0n) is 13.2. The number of aromatic amines is 1. The summed E-state index contributed by atoms with van der Waals surface area (Å²) in [6, 6.07) is 6.29. The van der Waals surface area contributed by atoms with Crippen LogP contribution in [-0.4, -0.2) is 35.8 Å². The molecule has 9 nitrogen and oxygen atoms in total. The molecule has 0 saturated heterocycles. The number of rotatable bonds is 4. The minimum Gasteiger partial charge on any atom is -0.258 e. The largest absolute Gasteiger partial charge is 0.288 e. The number of H-pyrrole nitrogens is 1. The highest BCUT2D eigenvalue weighted by Gasteiger charge is 2.13. The van der Waals surface area contributed by atoms with Crippen LogP contribution in [0.4, 0.5) is 5.69 Å². The lowest BCUT2D eigenvalue weighted by molar-refractivity contribution is -0.384. The Morgan fingerprint density at radius 3 is 2.80 bits per heavy atom. The van der Waals surface area contributed by atoms with E-state index in [1.807, 2.05) is 19.9 Å². The van der Waals surface area contributed by atoms with Gasteiger partial charge < -0.3 is 0 Å². The molecule has 0 saturated carbocycles. The number of hydrogen-bond acceptors (Lipinski definition) is 6. The molecular formula is C14H12ClN7O2S. The molecule has 0 atom stereocenters. The van der Waals surface area contributed by atoms with E-state index in [-0.39, 0.29) is 15.5 Å². The second kappa shape index (κ2) is 6.57. The smallest absolute Gasteiger partial charge is 0.258 e. The lowest BCUT2D eigenvalue weighted by Gasteiger charge is -2.02. The van der Waals surface area contributed by atoms with Crippen molar-refractivity contribution in [2.45, 2.75) is 13.8 Å². The summed E-state index contributed by atoms with van der Waals surface area (Å²) >= 11 is 11.0. The quantitative estimate of drug-likeness (QED) is 0.325. The molecule has 1 N–H and O–H groups in total. The van der Waals surface area contributed by atoms with Gasteiger partial charge in [0.05, 0.1) is 16.8 Å². The minimum absolute atomic E-state index is 0.0606. The summed E-state index contributed by atoms with van der Waals surface area (Å²) in [5.74, 6) is 0.385. The molecule has 0 amide bonds. The van der Waals surface area contributed by atoms with E-state index in [4.69, 9.17) is 23.8 Å². The fraction of sp³-hybridized carbons (Fsp3) is 0.143. The summed E-state index contributed by atoms with van der Waals surface area (Å²) in [6.45, 7) is 3.75. The maximum Gasteiger partial charge on any atom is 0.288 e. The minimum atomic E-state index is -0.551. The van der Waals surface area contributed by atoms with Gasteiger partial charge >= 0.3 is 0 Å². The Morgan fingerprint density at radius 1 is 1.40 bits per heavy atom. The number of aromatic nitrogens is 5. The van der Waals surface area contributed by atoms with Crippen molar-refractivity contribution in [3.63, 3.8) is 0 Å². The molecule has 3 aromatic rings. The normalized spacial score (nSPS) is 11.3. The summed E-state index contributed by atoms with van der Waals surface area (Å²) in [6.07, 6.45) is 1.43. The van der Waals surface area contributed by atoms with E-state index >= 15 is 0 Å². The van der Waals surface area contributed by atoms with E-state index in [9.17, 15) is 10.1 Å². The van der Waals surface area contributed by atoms with Crippen LogP contribution >= 0.6 is 23.8 Å². The van der Waals surface area contributed by atoms with Gasteiger partial charge in [-0.25, -0.2) is 9.78 Å². The zero-order valence-corrected chi connectivity index (χ0v) is 14.7. The zero-order chi connectivity index (χ0) is 18.1. The van der Waals surface area contributed by atoms with Crippen LogP contribution in [0.1, 0.15) is 17.0 Å². The van der Waals surface area contributed by atoms with Crippen LogP contribution in [0.3, 0.4) is 0 Å². The highest BCUT2D eigenvalue weighted by molar-refractivity contribution is 7.71. The molecule has 0 aliphatic rings. The lowest BCUT2D eigenvalue weighted by atomic mass is 10.2. The van der Waals surface area contributed by atoms with Crippen molar-refractivity contribution in [1.82, 2.24) is 24.7 Å². The first kappa shape index (κ1) is 17.0. The topological polar surface area (TPSA) is 107 Å². The molecule has 0 fully saturated rings. The Balaban J connectivity index is 2.02. The highest BCUT2D eigenvalue weighted by atomic mass is 35.5. The van der Waals surface area contributed by atoms with Gasteiger partial charge in [-0.1, -0.05) is 17.7 Å². The van der Waals surface area contributed by atoms with Gasteiger partial charge in [-0.05, 0) is 38.2 Å². The van der Waals surface area contributed by atoms with Crippen molar-refractivity contribution in [1.29, 1.82) is 0 Å². The van der Waals surface area contributed by atoms with Crippen molar-refractivity contribution in [3.05, 3.63) is 61.1 Å². The molecule has 11 heteroatoms. The highest BCUT2D eigenvalue weighted by Crippen LogP contribution is 2.24. The van der Waals surface area contributed by atoms with E-state index < -0.39 is 4.92 Å². The lowest BCUT2D eigenvalue weighted by Crippen LogP contribution is -2.07. The Bertz CT molecular complexity index is 1050. The van der Waals surface area contributed by atoms with Gasteiger partial charge in [0.2, 0.25) is 4.77 Å². The average molecular weight is 378 g/mol. The Kier molecular flexibility index (Phi) is 4.47. The molecule has 0 unspecified atom stereocenters. The number of nitrogens with zero attached hydrogens (tertiary/aromatic N) is 6. The van der Waals surface area contributed by atoms with Crippen molar-refractivity contribution >= 4 is 35.7 Å². The van der Waals surface area contributed by atoms with Gasteiger partial charge in [0.1, 0.15) is 5.02 Å². The first-order valence-corrected chi connectivity index (χ1v) is 7.85. The second-order valence-electron chi connectivity index (χ2n) is 5.19. The van der Waals surface area contributed by atoms with Crippen LogP contribution in [0.5, 0.6) is 0 Å². The van der Waals surface area contributed by atoms with Gasteiger partial charge in [0.25, 0.3) is 11.6 Å². The molecule has 0 radical (unpaired) electrons. The van der Waals surface area contributed by atoms with Crippen LogP contribution in [0.15, 0.2) is 29.4 Å². The van der Waals surface area contributed by atoms with Crippen molar-refractivity contribution in [2.24, 2.45) is 5.10 Å². The van der Waals surface area contributed by atoms with Gasteiger partial charge in [0.15, 0.2) is 0 Å². The third kappa shape index (κ3) is 3.35. The third-order valence-corrected chi connectivity index (χ3v) is 3.91. The molecule has 0 aliphatic heterocycles. The summed E-state index contributed by atoms with van der Waals surface area (Å²) in [7, 11) is 0. The van der Waals surface area contributed by atoms with E-state index in [1.54, 1.807) is 10.7 Å². The molecule has 2 aromatic heterocycles. The van der Waals surface area contributed by atoms with Crippen LogP contribution in [0.25, 0.3) is 5.95 Å². The fourth-order valence-electron chi connectivity index (χ4n) is 2.23. The number of nitro groups is 1. The number of hydrogen-bond donors (Lipinski definition) is 1. The van der Waals surface area contributed by atoms with Crippen molar-refractivity contribution in [3.8, 4) is 5.95 Å². The number of nitro benzene ring substituents is 1. The number of aryl methyl sites for hydroxylation is 2. The summed E-state index contributed by atoms with van der Waals surface area (Å²) < 4.78 is 3.25. The number of halogens is 1. The average Bonchev–Trinajstić information content (AvgIpc) is 3.08. The van der Waals surface area contributed by atoms with Crippen LogP contribution in [-0.2, 0) is 0 Å². The van der Waals surface area contributed by atoms with Crippen LogP contribution in [0, 0.1) is 28.7 Å². The maximum absolute atomic E-state index is 11.0. The number of nitrogens with one attached hydrogen (secondary N) is 1. The van der Waals surface area contributed by atoms with Gasteiger partial charge in [-0.3, -0.25) is 10.1 Å². The summed E-state index contributed by atoms with van der Waals surface area (Å²) in [4.78, 5) is 10.4. The first-order chi connectivity index (χ1) is 11.9. The molecule has 0 aliphatic carbocycles. The number of benzene rings is 1. The Hall–Kier alpha value is -2.85. The van der Waals surface area contributed by atoms with Crippen molar-refractivity contribution < 1.29 is 4.92 Å². The maximum atomic E-state index is 11.0. The predicted octanol–water partition coefficient (Wildman–Crippen LogP) is 3.19. The molecule has 2 heterocycles. The second-order valence-corrected chi connectivity index (χ2v) is 5.99. The SMILES string of the molecule is Cc1cc(C)n(-c2n[nH]c(=S)n2/N=C\c2ccc(Cl)c([N+](=O)[O-])c2)n1. The molecule has 25 heavy (non-hydrogen) atoms. The van der Waals surface area contributed by atoms with Crippen molar-refractivity contribution in [2.75, 3.05) is 0 Å². The first-order valence-electron chi connectivity index (χ1n) is 7.06. The van der Waals surface area contributed by atoms with E-state index in [1.165, 1.54) is 23.0 Å². The molecule has 3 rings (SSSR count). The molecule has 128 valence electrons. The van der Waals surface area contributed by atoms with Crippen LogP contribution in [0.2, 0.25) is 5.02 Å². The summed E-state index contributed by atoms with van der Waals surface area (Å²) in [5, 5.41) is 26.4. The molecule has 0 spiro atoms. The van der Waals surface area contributed by atoms with E-state index in [0.29, 0.717) is 11.5 Å². The monoisotopic (exact) mass is 377 g/mol. The Morgan fingerprint density at radius 2 is 2.16 bits per heavy atom. The van der Waals surface area contributed by atoms with E-state index in [0.717, 1.165) is 11.4 Å². The Labute approximate surface area is 151 Å². The third-order valence-electron chi connectivity index (χ3n) is 3.32. The van der Waals surface area contributed by atoms with Gasteiger partial charge in [0, 0.05) is 17.3 Å². The van der Waals surface area contributed by atoms with Gasteiger partial charge in [-0.15, -0.1) is 5.10 Å². The van der Waals surface area contributed by atoms with Gasteiger partial charge in [-0.2, -0.15) is 14.9 Å². The predicted molar refractivity (Wildman–Crippen MR) is 95.1 cm³/mol. The fourth-order valence-corrected chi connectivity index (χ4v) is 2.59. The standard InChI is InChI=1S/C14H12ClN7O2S/c1-8-5-9(2)20(19-8)13-17-18-14(25)21(13)16-7-10-3-4-11(15)12(6-10)22(23)24/h3-7H,1-2H3,(H,18,25)/b16-7-. The van der Waals surface area contributed by atoms with E-state index in [2.05, 4.69) is 20.4 Å². The van der Waals surface area contributed by atoms with Crippen LogP contribution < -0.4 is 0 Å². The molecule has 0 bridgehead atoms.